The van der Waals surface area contributed by atoms with Crippen LogP contribution < -0.4 is 10.2 Å². The number of amides is 2. The molecule has 1 aliphatic carbocycles. The third kappa shape index (κ3) is 5.64. The van der Waals surface area contributed by atoms with Crippen LogP contribution >= 0.6 is 0 Å². The summed E-state index contributed by atoms with van der Waals surface area (Å²) < 4.78 is 14.0. The topological polar surface area (TPSA) is 53.9 Å². The summed E-state index contributed by atoms with van der Waals surface area (Å²) >= 11 is 0. The van der Waals surface area contributed by atoms with Crippen LogP contribution in [0.3, 0.4) is 0 Å². The number of anilines is 1. The maximum Gasteiger partial charge on any atom is 0.279 e. The molecule has 1 fully saturated rings. The number of likely N-dealkylation sites (N-methyl/N-ethyl adjacent to an activating group) is 1. The number of rotatable bonds is 8. The van der Waals surface area contributed by atoms with Crippen LogP contribution in [-0.4, -0.2) is 42.9 Å². The molecule has 0 heterocycles. The van der Waals surface area contributed by atoms with E-state index in [9.17, 15) is 14.0 Å². The summed E-state index contributed by atoms with van der Waals surface area (Å²) in [6.45, 7) is 4.64. The minimum absolute atomic E-state index is 0.0483. The Morgan fingerprint density at radius 3 is 2.52 bits per heavy atom. The van der Waals surface area contributed by atoms with Gasteiger partial charge in [0, 0.05) is 23.8 Å². The molecule has 1 saturated carbocycles. The van der Waals surface area contributed by atoms with Gasteiger partial charge in [-0.15, -0.1) is 0 Å². The van der Waals surface area contributed by atoms with Gasteiger partial charge in [0.1, 0.15) is 5.82 Å². The number of benzene rings is 2. The fourth-order valence-electron chi connectivity index (χ4n) is 3.39. The minimum Gasteiger partial charge on any atom is -0.330 e. The summed E-state index contributed by atoms with van der Waals surface area (Å²) in [6, 6.07) is 12.5. The van der Waals surface area contributed by atoms with E-state index < -0.39 is 0 Å². The number of carbonyl (C=O) groups is 2. The first kappa shape index (κ1) is 21.0. The molecular formula is C23H29FN3O2+. The molecule has 0 saturated heterocycles. The molecule has 5 nitrogen and oxygen atoms in total. The highest BCUT2D eigenvalue weighted by Gasteiger charge is 2.34. The van der Waals surface area contributed by atoms with Crippen molar-refractivity contribution in [3.63, 3.8) is 0 Å². The average Bonchev–Trinajstić information content (AvgIpc) is 3.49. The Morgan fingerprint density at radius 2 is 1.83 bits per heavy atom. The first-order chi connectivity index (χ1) is 13.8. The van der Waals surface area contributed by atoms with Gasteiger partial charge >= 0.3 is 0 Å². The van der Waals surface area contributed by atoms with Gasteiger partial charge in [-0.1, -0.05) is 30.3 Å². The smallest absolute Gasteiger partial charge is 0.279 e. The van der Waals surface area contributed by atoms with Crippen LogP contribution in [0.1, 0.15) is 29.5 Å². The van der Waals surface area contributed by atoms with Gasteiger partial charge in [-0.05, 0) is 49.9 Å². The molecule has 0 bridgehead atoms. The number of quaternary nitrogens is 1. The number of aryl methyl sites for hydroxylation is 1. The Kier molecular flexibility index (Phi) is 6.64. The van der Waals surface area contributed by atoms with Crippen LogP contribution in [0.4, 0.5) is 10.1 Å². The van der Waals surface area contributed by atoms with Crippen LogP contribution in [0.5, 0.6) is 0 Å². The van der Waals surface area contributed by atoms with Gasteiger partial charge in [-0.3, -0.25) is 9.59 Å². The minimum atomic E-state index is -0.292. The van der Waals surface area contributed by atoms with E-state index in [0.29, 0.717) is 5.56 Å². The highest BCUT2D eigenvalue weighted by molar-refractivity contribution is 5.92. The lowest BCUT2D eigenvalue weighted by Crippen LogP contribution is -3.11. The van der Waals surface area contributed by atoms with Crippen molar-refractivity contribution in [3.05, 3.63) is 65.0 Å². The third-order valence-corrected chi connectivity index (χ3v) is 5.40. The molecule has 1 aliphatic rings. The van der Waals surface area contributed by atoms with E-state index in [0.717, 1.165) is 34.6 Å². The molecule has 1 unspecified atom stereocenters. The second-order valence-electron chi connectivity index (χ2n) is 7.95. The summed E-state index contributed by atoms with van der Waals surface area (Å²) in [5.41, 5.74) is 3.48. The second-order valence-corrected chi connectivity index (χ2v) is 7.95. The molecule has 2 N–H and O–H groups in total. The molecule has 2 amide bonds. The molecule has 0 aromatic heterocycles. The first-order valence-corrected chi connectivity index (χ1v) is 10.1. The van der Waals surface area contributed by atoms with Gasteiger partial charge in [0.05, 0.1) is 7.05 Å². The summed E-state index contributed by atoms with van der Waals surface area (Å²) in [5.74, 6) is -0.469. The number of hydrogen-bond acceptors (Lipinski definition) is 2. The zero-order chi connectivity index (χ0) is 21.0. The molecular weight excluding hydrogens is 369 g/mol. The summed E-state index contributed by atoms with van der Waals surface area (Å²) in [5, 5.41) is 2.93. The van der Waals surface area contributed by atoms with Crippen LogP contribution in [0.25, 0.3) is 0 Å². The molecule has 1 atom stereocenters. The SMILES string of the molecule is Cc1cccc(NC(=O)C[NH+](C)CC(=O)N(Cc2ccccc2F)C2CC2)c1C. The maximum atomic E-state index is 14.0. The van der Waals surface area contributed by atoms with Crippen LogP contribution in [0.15, 0.2) is 42.5 Å². The van der Waals surface area contributed by atoms with Crippen molar-refractivity contribution in [2.24, 2.45) is 0 Å². The molecule has 6 heteroatoms. The van der Waals surface area contributed by atoms with Crippen LogP contribution in [0.2, 0.25) is 0 Å². The van der Waals surface area contributed by atoms with Crippen molar-refractivity contribution >= 4 is 17.5 Å². The molecule has 29 heavy (non-hydrogen) atoms. The number of hydrogen-bond donors (Lipinski definition) is 2. The molecule has 154 valence electrons. The van der Waals surface area contributed by atoms with E-state index in [1.165, 1.54) is 6.07 Å². The molecule has 2 aromatic carbocycles. The van der Waals surface area contributed by atoms with Crippen molar-refractivity contribution in [2.45, 2.75) is 39.3 Å². The Hall–Kier alpha value is -2.73. The van der Waals surface area contributed by atoms with Crippen molar-refractivity contribution in [2.75, 3.05) is 25.5 Å². The Balaban J connectivity index is 1.56. The normalized spacial score (nSPS) is 14.3. The quantitative estimate of drug-likeness (QED) is 0.716. The highest BCUT2D eigenvalue weighted by atomic mass is 19.1. The van der Waals surface area contributed by atoms with Crippen molar-refractivity contribution < 1.29 is 18.9 Å². The third-order valence-electron chi connectivity index (χ3n) is 5.40. The van der Waals surface area contributed by atoms with Crippen LogP contribution in [0, 0.1) is 19.7 Å². The van der Waals surface area contributed by atoms with Gasteiger partial charge in [0.25, 0.3) is 11.8 Å². The number of halogens is 1. The van der Waals surface area contributed by atoms with E-state index in [4.69, 9.17) is 0 Å². The summed E-state index contributed by atoms with van der Waals surface area (Å²) in [6.07, 6.45) is 1.90. The Labute approximate surface area is 171 Å². The van der Waals surface area contributed by atoms with Gasteiger partial charge < -0.3 is 15.1 Å². The van der Waals surface area contributed by atoms with E-state index >= 15 is 0 Å². The van der Waals surface area contributed by atoms with Crippen molar-refractivity contribution in [1.29, 1.82) is 0 Å². The largest absolute Gasteiger partial charge is 0.330 e. The van der Waals surface area contributed by atoms with Crippen LogP contribution in [-0.2, 0) is 16.1 Å². The van der Waals surface area contributed by atoms with E-state index in [2.05, 4.69) is 5.32 Å². The van der Waals surface area contributed by atoms with Crippen molar-refractivity contribution in [1.82, 2.24) is 4.90 Å². The average molecular weight is 399 g/mol. The highest BCUT2D eigenvalue weighted by Crippen LogP contribution is 2.28. The van der Waals surface area contributed by atoms with Gasteiger partial charge in [-0.25, -0.2) is 4.39 Å². The monoisotopic (exact) mass is 398 g/mol. The van der Waals surface area contributed by atoms with E-state index in [1.807, 2.05) is 39.1 Å². The predicted octanol–water partition coefficient (Wildman–Crippen LogP) is 2.09. The molecule has 0 radical (unpaired) electrons. The fraction of sp³-hybridized carbons (Fsp3) is 0.391. The van der Waals surface area contributed by atoms with Gasteiger partial charge in [-0.2, -0.15) is 0 Å². The zero-order valence-corrected chi connectivity index (χ0v) is 17.3. The Morgan fingerprint density at radius 1 is 1.10 bits per heavy atom. The molecule has 0 spiro atoms. The molecule has 2 aromatic rings. The maximum absolute atomic E-state index is 14.0. The lowest BCUT2D eigenvalue weighted by Gasteiger charge is -2.24. The summed E-state index contributed by atoms with van der Waals surface area (Å²) in [7, 11) is 1.83. The van der Waals surface area contributed by atoms with E-state index in [-0.39, 0.29) is 43.3 Å². The van der Waals surface area contributed by atoms with E-state index in [1.54, 1.807) is 23.1 Å². The van der Waals surface area contributed by atoms with Crippen molar-refractivity contribution in [3.8, 4) is 0 Å². The predicted molar refractivity (Wildman–Crippen MR) is 111 cm³/mol. The number of nitrogens with one attached hydrogen (secondary N) is 2. The summed E-state index contributed by atoms with van der Waals surface area (Å²) in [4.78, 5) is 27.8. The zero-order valence-electron chi connectivity index (χ0n) is 17.3. The fourth-order valence-corrected chi connectivity index (χ4v) is 3.39. The Bertz CT molecular complexity index is 895. The standard InChI is InChI=1S/C23H28FN3O2/c1-16-7-6-10-21(17(16)2)25-22(28)14-26(3)15-23(29)27(19-11-12-19)13-18-8-4-5-9-20(18)24/h4-10,19H,11-15H2,1-3H3,(H,25,28)/p+1. The second kappa shape index (κ2) is 9.18. The lowest BCUT2D eigenvalue weighted by molar-refractivity contribution is -0.862. The van der Waals surface area contributed by atoms with Gasteiger partial charge in [0.15, 0.2) is 13.1 Å². The number of nitrogens with zero attached hydrogens (tertiary/aromatic N) is 1. The number of carbonyl (C=O) groups excluding carboxylic acids is 2. The molecule has 3 rings (SSSR count). The first-order valence-electron chi connectivity index (χ1n) is 10.1. The van der Waals surface area contributed by atoms with Gasteiger partial charge in [0.2, 0.25) is 0 Å². The molecule has 0 aliphatic heterocycles. The lowest BCUT2D eigenvalue weighted by atomic mass is 10.1.